The van der Waals surface area contributed by atoms with E-state index in [1.165, 1.54) is 17.0 Å². The molecule has 0 bridgehead atoms. The maximum Gasteiger partial charge on any atom is 0.251 e. The minimum atomic E-state index is -1.02. The van der Waals surface area contributed by atoms with Gasteiger partial charge in [0.2, 0.25) is 11.7 Å². The Bertz CT molecular complexity index is 1490. The monoisotopic (exact) mass is 576 g/mol. The third-order valence-corrected chi connectivity index (χ3v) is 7.21. The number of hydrogen-bond acceptors (Lipinski definition) is 6. The van der Waals surface area contributed by atoms with Crippen LogP contribution in [0.25, 0.3) is 11.4 Å². The van der Waals surface area contributed by atoms with E-state index in [1.54, 1.807) is 36.4 Å². The van der Waals surface area contributed by atoms with Crippen LogP contribution in [0.4, 0.5) is 10.1 Å². The molecule has 1 aromatic heterocycles. The number of amides is 2. The fourth-order valence-electron chi connectivity index (χ4n) is 4.77. The SMILES string of the molecule is CCc1ccc(N(C(=O)Cn2nnc(-c3ccccc3F)n2)[C@@H](C(=O)NC[C@@H]2CCCO2)c2ccc(Cl)cc2)cc1. The van der Waals surface area contributed by atoms with Crippen LogP contribution >= 0.6 is 11.6 Å². The number of benzene rings is 3. The summed E-state index contributed by atoms with van der Waals surface area (Å²) in [5.74, 6) is -1.27. The highest BCUT2D eigenvalue weighted by atomic mass is 35.5. The van der Waals surface area contributed by atoms with E-state index in [0.29, 0.717) is 29.4 Å². The lowest BCUT2D eigenvalue weighted by molar-refractivity contribution is -0.127. The Balaban J connectivity index is 1.49. The summed E-state index contributed by atoms with van der Waals surface area (Å²) in [6.07, 6.45) is 2.54. The number of ether oxygens (including phenoxy) is 1. The van der Waals surface area contributed by atoms with Crippen molar-refractivity contribution in [2.24, 2.45) is 0 Å². The third-order valence-electron chi connectivity index (χ3n) is 6.96. The lowest BCUT2D eigenvalue weighted by Crippen LogP contribution is -2.46. The highest BCUT2D eigenvalue weighted by molar-refractivity contribution is 6.30. The van der Waals surface area contributed by atoms with Crippen molar-refractivity contribution in [1.29, 1.82) is 0 Å². The molecule has 0 unspecified atom stereocenters. The third kappa shape index (κ3) is 6.78. The number of halogens is 2. The van der Waals surface area contributed by atoms with Gasteiger partial charge in [-0.05, 0) is 72.0 Å². The van der Waals surface area contributed by atoms with Crippen LogP contribution in [0.1, 0.15) is 36.9 Å². The predicted molar refractivity (Wildman–Crippen MR) is 153 cm³/mol. The summed E-state index contributed by atoms with van der Waals surface area (Å²) in [5.41, 5.74) is 2.35. The molecule has 41 heavy (non-hydrogen) atoms. The summed E-state index contributed by atoms with van der Waals surface area (Å²) in [7, 11) is 0. The van der Waals surface area contributed by atoms with E-state index in [-0.39, 0.29) is 29.9 Å². The molecule has 5 rings (SSSR count). The van der Waals surface area contributed by atoms with Crippen molar-refractivity contribution >= 4 is 29.1 Å². The molecule has 1 aliphatic rings. The van der Waals surface area contributed by atoms with Crippen LogP contribution < -0.4 is 10.2 Å². The van der Waals surface area contributed by atoms with Gasteiger partial charge in [0.1, 0.15) is 18.4 Å². The van der Waals surface area contributed by atoms with Crippen molar-refractivity contribution < 1.29 is 18.7 Å². The van der Waals surface area contributed by atoms with Crippen molar-refractivity contribution in [1.82, 2.24) is 25.5 Å². The van der Waals surface area contributed by atoms with Gasteiger partial charge in [-0.15, -0.1) is 10.2 Å². The zero-order valence-electron chi connectivity index (χ0n) is 22.5. The number of aryl methyl sites for hydroxylation is 1. The molecule has 4 aromatic rings. The molecule has 3 aromatic carbocycles. The molecule has 2 amide bonds. The maximum absolute atomic E-state index is 14.3. The molecule has 1 N–H and O–H groups in total. The molecule has 1 fully saturated rings. The van der Waals surface area contributed by atoms with Crippen LogP contribution in [-0.2, 0) is 27.3 Å². The van der Waals surface area contributed by atoms with Gasteiger partial charge in [-0.25, -0.2) is 4.39 Å². The van der Waals surface area contributed by atoms with E-state index in [0.717, 1.165) is 29.6 Å². The van der Waals surface area contributed by atoms with Gasteiger partial charge in [-0.2, -0.15) is 4.80 Å². The summed E-state index contributed by atoms with van der Waals surface area (Å²) in [6.45, 7) is 2.70. The second-order valence-electron chi connectivity index (χ2n) is 9.74. The summed E-state index contributed by atoms with van der Waals surface area (Å²) in [4.78, 5) is 30.4. The van der Waals surface area contributed by atoms with Crippen LogP contribution in [0.5, 0.6) is 0 Å². The van der Waals surface area contributed by atoms with Crippen molar-refractivity contribution in [3.63, 3.8) is 0 Å². The number of nitrogens with one attached hydrogen (secondary N) is 1. The number of tetrazole rings is 1. The van der Waals surface area contributed by atoms with Gasteiger partial charge in [-0.1, -0.05) is 54.9 Å². The van der Waals surface area contributed by atoms with E-state index in [4.69, 9.17) is 16.3 Å². The first-order valence-electron chi connectivity index (χ1n) is 13.5. The Hall–Kier alpha value is -4.15. The Morgan fingerprint density at radius 1 is 1.12 bits per heavy atom. The number of hydrogen-bond donors (Lipinski definition) is 1. The molecule has 212 valence electrons. The average molecular weight is 577 g/mol. The van der Waals surface area contributed by atoms with Crippen molar-refractivity contribution in [3.8, 4) is 11.4 Å². The number of aromatic nitrogens is 4. The minimum absolute atomic E-state index is 0.0540. The Morgan fingerprint density at radius 2 is 1.88 bits per heavy atom. The van der Waals surface area contributed by atoms with Crippen molar-refractivity contribution in [2.75, 3.05) is 18.1 Å². The number of nitrogens with zero attached hydrogens (tertiary/aromatic N) is 5. The fourth-order valence-corrected chi connectivity index (χ4v) is 4.89. The van der Waals surface area contributed by atoms with E-state index in [2.05, 4.69) is 20.7 Å². The van der Waals surface area contributed by atoms with E-state index in [1.807, 2.05) is 31.2 Å². The number of rotatable bonds is 10. The Morgan fingerprint density at radius 3 is 2.56 bits per heavy atom. The molecular formula is C30H30ClFN6O3. The molecule has 2 heterocycles. The number of anilines is 1. The second-order valence-corrected chi connectivity index (χ2v) is 10.2. The molecule has 9 nitrogen and oxygen atoms in total. The fraction of sp³-hybridized carbons (Fsp3) is 0.300. The highest BCUT2D eigenvalue weighted by Gasteiger charge is 2.34. The zero-order valence-corrected chi connectivity index (χ0v) is 23.3. The lowest BCUT2D eigenvalue weighted by atomic mass is 10.0. The molecule has 0 spiro atoms. The molecule has 0 radical (unpaired) electrons. The second kappa shape index (κ2) is 13.0. The molecule has 0 aliphatic carbocycles. The van der Waals surface area contributed by atoms with Gasteiger partial charge >= 0.3 is 0 Å². The molecule has 11 heteroatoms. The van der Waals surface area contributed by atoms with Gasteiger partial charge in [0.05, 0.1) is 11.7 Å². The average Bonchev–Trinajstić information content (AvgIpc) is 3.68. The summed E-state index contributed by atoms with van der Waals surface area (Å²) in [5, 5.41) is 15.6. The first-order valence-corrected chi connectivity index (χ1v) is 13.9. The zero-order chi connectivity index (χ0) is 28.8. The summed E-state index contributed by atoms with van der Waals surface area (Å²) >= 11 is 6.16. The van der Waals surface area contributed by atoms with Gasteiger partial charge in [0.25, 0.3) is 5.91 Å². The van der Waals surface area contributed by atoms with Gasteiger partial charge in [0, 0.05) is 23.9 Å². The first kappa shape index (κ1) is 28.4. The lowest BCUT2D eigenvalue weighted by Gasteiger charge is -2.32. The van der Waals surface area contributed by atoms with Crippen LogP contribution in [0.15, 0.2) is 72.8 Å². The van der Waals surface area contributed by atoms with Gasteiger partial charge < -0.3 is 10.1 Å². The standard InChI is InChI=1S/C30H30ClFN6O3/c1-2-20-9-15-23(16-10-20)38(27(39)19-37-35-29(34-36-37)25-7-3-4-8-26(25)32)28(21-11-13-22(31)14-12-21)30(40)33-18-24-6-5-17-41-24/h3-4,7-16,24,28H,2,5-6,17-19H2,1H3,(H,33,40)/t24-,28+/m0/s1. The quantitative estimate of drug-likeness (QED) is 0.292. The number of carbonyl (C=O) groups is 2. The molecule has 1 aliphatic heterocycles. The first-order chi connectivity index (χ1) is 19.9. The largest absolute Gasteiger partial charge is 0.376 e. The molecular weight excluding hydrogens is 547 g/mol. The Labute approximate surface area is 242 Å². The van der Waals surface area contributed by atoms with E-state index >= 15 is 0 Å². The molecule has 0 saturated carbocycles. The normalized spacial score (nSPS) is 15.4. The minimum Gasteiger partial charge on any atom is -0.376 e. The molecule has 2 atom stereocenters. The maximum atomic E-state index is 14.3. The van der Waals surface area contributed by atoms with E-state index < -0.39 is 17.8 Å². The van der Waals surface area contributed by atoms with Crippen LogP contribution in [0, 0.1) is 5.82 Å². The summed E-state index contributed by atoms with van der Waals surface area (Å²) < 4.78 is 20.0. The van der Waals surface area contributed by atoms with Crippen molar-refractivity contribution in [3.05, 3.63) is 94.8 Å². The number of carbonyl (C=O) groups excluding carboxylic acids is 2. The van der Waals surface area contributed by atoms with Crippen LogP contribution in [-0.4, -0.2) is 51.3 Å². The smallest absolute Gasteiger partial charge is 0.251 e. The Kier molecular flexibility index (Phi) is 9.01. The summed E-state index contributed by atoms with van der Waals surface area (Å²) in [6, 6.07) is 19.3. The van der Waals surface area contributed by atoms with Crippen LogP contribution in [0.3, 0.4) is 0 Å². The van der Waals surface area contributed by atoms with E-state index in [9.17, 15) is 14.0 Å². The van der Waals surface area contributed by atoms with Gasteiger partial charge in [0.15, 0.2) is 0 Å². The van der Waals surface area contributed by atoms with Gasteiger partial charge in [-0.3, -0.25) is 14.5 Å². The highest BCUT2D eigenvalue weighted by Crippen LogP contribution is 2.30. The topological polar surface area (TPSA) is 102 Å². The predicted octanol–water partition coefficient (Wildman–Crippen LogP) is 4.76. The van der Waals surface area contributed by atoms with Crippen LogP contribution in [0.2, 0.25) is 5.02 Å². The van der Waals surface area contributed by atoms with Crippen molar-refractivity contribution in [2.45, 2.75) is 44.9 Å². The molecule has 1 saturated heterocycles.